The summed E-state index contributed by atoms with van der Waals surface area (Å²) in [6.45, 7) is 2.19. The van der Waals surface area contributed by atoms with E-state index < -0.39 is 15.9 Å². The second kappa shape index (κ2) is 8.89. The van der Waals surface area contributed by atoms with Gasteiger partial charge >= 0.3 is 0 Å². The van der Waals surface area contributed by atoms with Gasteiger partial charge in [-0.3, -0.25) is 4.79 Å². The van der Waals surface area contributed by atoms with E-state index in [1.165, 1.54) is 4.90 Å². The number of hydrogen-bond donors (Lipinski definition) is 0. The van der Waals surface area contributed by atoms with E-state index in [2.05, 4.69) is 70.7 Å². The van der Waals surface area contributed by atoms with Crippen molar-refractivity contribution in [2.24, 2.45) is 17.8 Å². The lowest BCUT2D eigenvalue weighted by Crippen LogP contribution is -2.46. The maximum atomic E-state index is 13.4. The van der Waals surface area contributed by atoms with Crippen molar-refractivity contribution in [2.45, 2.75) is 29.9 Å². The standard InChI is InChI=1S/C23H27BrN2O2S/c1-15-12-16(14-25)22(27)18(13-20-19(24)10-11-21(26-20)28-2)23(15)29(3,4)17-8-6-5-7-9-17/h5-11,15-16,18,23H,12-13H2,1-4H3/t15-,16?,18+,23+/m1/s1. The Balaban J connectivity index is 2.05. The van der Waals surface area contributed by atoms with E-state index in [1.807, 2.05) is 12.1 Å². The zero-order chi connectivity index (χ0) is 21.2. The van der Waals surface area contributed by atoms with Crippen LogP contribution in [0.5, 0.6) is 5.88 Å². The topological polar surface area (TPSA) is 63.0 Å². The highest BCUT2D eigenvalue weighted by atomic mass is 79.9. The quantitative estimate of drug-likeness (QED) is 0.593. The van der Waals surface area contributed by atoms with Crippen LogP contribution in [0.2, 0.25) is 0 Å². The average molecular weight is 475 g/mol. The van der Waals surface area contributed by atoms with Gasteiger partial charge in [0.25, 0.3) is 0 Å². The van der Waals surface area contributed by atoms with Crippen molar-refractivity contribution in [1.82, 2.24) is 4.98 Å². The van der Waals surface area contributed by atoms with Gasteiger partial charge in [-0.05, 0) is 51.7 Å². The molecular formula is C23H27BrN2O2S. The second-order valence-corrected chi connectivity index (χ2v) is 12.8. The summed E-state index contributed by atoms with van der Waals surface area (Å²) in [5.74, 6) is 0.0780. The van der Waals surface area contributed by atoms with Gasteiger partial charge in [0.15, 0.2) is 5.78 Å². The fraction of sp³-hybridized carbons (Fsp3) is 0.435. The van der Waals surface area contributed by atoms with Gasteiger partial charge in [-0.15, -0.1) is 0 Å². The third-order valence-electron chi connectivity index (χ3n) is 5.98. The summed E-state index contributed by atoms with van der Waals surface area (Å²) in [6, 6.07) is 16.4. The molecule has 0 radical (unpaired) electrons. The normalized spacial score (nSPS) is 25.3. The van der Waals surface area contributed by atoms with Crippen molar-refractivity contribution in [3.63, 3.8) is 0 Å². The molecule has 2 aromatic rings. The van der Waals surface area contributed by atoms with Gasteiger partial charge in [-0.25, -0.2) is 15.0 Å². The Morgan fingerprint density at radius 3 is 2.55 bits per heavy atom. The highest BCUT2D eigenvalue weighted by Crippen LogP contribution is 2.61. The molecule has 0 N–H and O–H groups in total. The molecule has 1 unspecified atom stereocenters. The van der Waals surface area contributed by atoms with Crippen LogP contribution in [0.3, 0.4) is 0 Å². The van der Waals surface area contributed by atoms with Gasteiger partial charge in [-0.1, -0.05) is 37.3 Å². The average Bonchev–Trinajstić information content (AvgIpc) is 2.72. The predicted molar refractivity (Wildman–Crippen MR) is 122 cm³/mol. The lowest BCUT2D eigenvalue weighted by molar-refractivity contribution is -0.128. The number of ketones is 1. The molecular weight excluding hydrogens is 448 g/mol. The number of Topliss-reactive ketones (excluding diaryl/α,β-unsaturated/α-hetero) is 1. The predicted octanol–water partition coefficient (Wildman–Crippen LogP) is 5.25. The number of rotatable bonds is 5. The Labute approximate surface area is 183 Å². The van der Waals surface area contributed by atoms with Gasteiger partial charge < -0.3 is 4.74 Å². The molecule has 0 saturated heterocycles. The molecule has 4 atom stereocenters. The lowest BCUT2D eigenvalue weighted by Gasteiger charge is -2.50. The third-order valence-corrected chi connectivity index (χ3v) is 10.3. The summed E-state index contributed by atoms with van der Waals surface area (Å²) in [5.41, 5.74) is 0.807. The molecule has 1 fully saturated rings. The van der Waals surface area contributed by atoms with Crippen LogP contribution in [0.25, 0.3) is 0 Å². The van der Waals surface area contributed by atoms with Crippen LogP contribution in [0.15, 0.2) is 51.8 Å². The number of ether oxygens (including phenoxy) is 1. The summed E-state index contributed by atoms with van der Waals surface area (Å²) in [7, 11) is 0.310. The van der Waals surface area contributed by atoms with Crippen molar-refractivity contribution in [3.8, 4) is 11.9 Å². The first-order chi connectivity index (χ1) is 13.8. The molecule has 0 aliphatic heterocycles. The minimum Gasteiger partial charge on any atom is -0.481 e. The van der Waals surface area contributed by atoms with E-state index >= 15 is 0 Å². The molecule has 154 valence electrons. The fourth-order valence-corrected chi connectivity index (χ4v) is 8.50. The molecule has 1 aromatic heterocycles. The van der Waals surface area contributed by atoms with Crippen molar-refractivity contribution in [1.29, 1.82) is 5.26 Å². The van der Waals surface area contributed by atoms with E-state index in [0.29, 0.717) is 18.7 Å². The highest BCUT2D eigenvalue weighted by molar-refractivity contribution is 9.10. The number of hydrogen-bond acceptors (Lipinski definition) is 4. The van der Waals surface area contributed by atoms with Crippen LogP contribution in [0.1, 0.15) is 19.0 Å². The molecule has 1 saturated carbocycles. The molecule has 1 heterocycles. The second-order valence-electron chi connectivity index (χ2n) is 8.07. The lowest BCUT2D eigenvalue weighted by atomic mass is 9.73. The van der Waals surface area contributed by atoms with E-state index in [0.717, 1.165) is 10.2 Å². The molecule has 1 aliphatic carbocycles. The minimum atomic E-state index is -1.28. The SMILES string of the molecule is COc1ccc(Br)c(C[C@H]2C(=O)C(C#N)C[C@@H](C)[C@@H]2S(C)(C)c2ccccc2)n1. The number of carbonyl (C=O) groups excluding carboxylic acids is 1. The van der Waals surface area contributed by atoms with E-state index in [-0.39, 0.29) is 22.9 Å². The minimum absolute atomic E-state index is 0.0589. The maximum absolute atomic E-state index is 13.4. The fourth-order valence-electron chi connectivity index (χ4n) is 4.62. The number of pyridine rings is 1. The van der Waals surface area contributed by atoms with E-state index in [4.69, 9.17) is 4.74 Å². The Morgan fingerprint density at radius 1 is 1.24 bits per heavy atom. The van der Waals surface area contributed by atoms with Crippen molar-refractivity contribution >= 4 is 31.7 Å². The molecule has 1 aromatic carbocycles. The summed E-state index contributed by atoms with van der Waals surface area (Å²) < 4.78 is 6.15. The van der Waals surface area contributed by atoms with Crippen LogP contribution in [-0.4, -0.2) is 35.6 Å². The monoisotopic (exact) mass is 474 g/mol. The van der Waals surface area contributed by atoms with Crippen molar-refractivity contribution in [2.75, 3.05) is 19.6 Å². The number of nitrogens with zero attached hydrogens (tertiary/aromatic N) is 2. The Bertz CT molecular complexity index is 926. The van der Waals surface area contributed by atoms with Gasteiger partial charge in [0.2, 0.25) is 5.88 Å². The van der Waals surface area contributed by atoms with Crippen LogP contribution >= 0.6 is 26.0 Å². The molecule has 0 spiro atoms. The third kappa shape index (κ3) is 4.36. The first kappa shape index (κ1) is 21.9. The Kier molecular flexibility index (Phi) is 6.70. The van der Waals surface area contributed by atoms with Gasteiger partial charge in [0.1, 0.15) is 5.92 Å². The van der Waals surface area contributed by atoms with Crippen LogP contribution < -0.4 is 4.74 Å². The summed E-state index contributed by atoms with van der Waals surface area (Å²) >= 11 is 3.58. The molecule has 4 nitrogen and oxygen atoms in total. The molecule has 6 heteroatoms. The number of nitriles is 1. The van der Waals surface area contributed by atoms with Crippen LogP contribution in [-0.2, 0) is 11.2 Å². The molecule has 1 aliphatic rings. The number of carbonyl (C=O) groups is 1. The van der Waals surface area contributed by atoms with Crippen LogP contribution in [0.4, 0.5) is 0 Å². The first-order valence-corrected chi connectivity index (χ1v) is 13.0. The summed E-state index contributed by atoms with van der Waals surface area (Å²) in [4.78, 5) is 19.3. The van der Waals surface area contributed by atoms with Gasteiger partial charge in [0, 0.05) is 28.1 Å². The first-order valence-electron chi connectivity index (χ1n) is 9.69. The summed E-state index contributed by atoms with van der Waals surface area (Å²) in [6.07, 6.45) is 5.73. The molecule has 0 amide bonds. The molecule has 0 bridgehead atoms. The largest absolute Gasteiger partial charge is 0.481 e. The number of benzene rings is 1. The Hall–Kier alpha value is -1.84. The van der Waals surface area contributed by atoms with Gasteiger partial charge in [0.05, 0.1) is 18.9 Å². The highest BCUT2D eigenvalue weighted by Gasteiger charge is 2.47. The zero-order valence-corrected chi connectivity index (χ0v) is 19.7. The van der Waals surface area contributed by atoms with E-state index in [1.54, 1.807) is 13.2 Å². The smallest absolute Gasteiger partial charge is 0.213 e. The van der Waals surface area contributed by atoms with Crippen molar-refractivity contribution in [3.05, 3.63) is 52.6 Å². The van der Waals surface area contributed by atoms with Crippen LogP contribution in [0, 0.1) is 29.1 Å². The molecule has 3 rings (SSSR count). The van der Waals surface area contributed by atoms with Gasteiger partial charge in [-0.2, -0.15) is 5.26 Å². The molecule has 29 heavy (non-hydrogen) atoms. The zero-order valence-electron chi connectivity index (χ0n) is 17.3. The summed E-state index contributed by atoms with van der Waals surface area (Å²) in [5, 5.41) is 9.78. The van der Waals surface area contributed by atoms with Crippen molar-refractivity contribution < 1.29 is 9.53 Å². The Morgan fingerprint density at radius 2 is 1.93 bits per heavy atom. The number of halogens is 1. The number of methoxy groups -OCH3 is 1. The number of aromatic nitrogens is 1. The van der Waals surface area contributed by atoms with E-state index in [9.17, 15) is 10.1 Å². The maximum Gasteiger partial charge on any atom is 0.213 e.